The molecule has 5 N–H and O–H groups in total. The van der Waals surface area contributed by atoms with Crippen molar-refractivity contribution in [2.45, 2.75) is 51.7 Å². The van der Waals surface area contributed by atoms with Crippen LogP contribution in [0.1, 0.15) is 82.1 Å². The van der Waals surface area contributed by atoms with E-state index in [1.165, 1.54) is 38.1 Å². The molecule has 0 radical (unpaired) electrons. The summed E-state index contributed by atoms with van der Waals surface area (Å²) in [6.07, 6.45) is 3.82. The summed E-state index contributed by atoms with van der Waals surface area (Å²) in [5.41, 5.74) is 3.62. The minimum absolute atomic E-state index is 0.00329. The summed E-state index contributed by atoms with van der Waals surface area (Å²) in [4.78, 5) is 78.9. The van der Waals surface area contributed by atoms with E-state index in [4.69, 9.17) is 21.1 Å². The predicted octanol–water partition coefficient (Wildman–Crippen LogP) is 8.07. The molecule has 0 saturated heterocycles. The summed E-state index contributed by atoms with van der Waals surface area (Å²) in [7, 11) is 4.81. The fraction of sp³-hybridized carbons (Fsp3) is 0.277. The lowest BCUT2D eigenvalue weighted by molar-refractivity contribution is -0.121. The van der Waals surface area contributed by atoms with Crippen molar-refractivity contribution in [2.75, 3.05) is 38.6 Å². The Hall–Kier alpha value is -7.53. The first-order valence-corrected chi connectivity index (χ1v) is 21.2. The van der Waals surface area contributed by atoms with Crippen LogP contribution >= 0.6 is 11.6 Å². The molecule has 6 aromatic rings. The quantitative estimate of drug-likeness (QED) is 0.0669. The first-order chi connectivity index (χ1) is 30.9. The van der Waals surface area contributed by atoms with Crippen molar-refractivity contribution in [3.63, 3.8) is 0 Å². The molecule has 3 aromatic carbocycles. The van der Waals surface area contributed by atoms with Crippen LogP contribution in [0.5, 0.6) is 5.75 Å². The van der Waals surface area contributed by atoms with Crippen molar-refractivity contribution in [1.82, 2.24) is 13.7 Å². The highest BCUT2D eigenvalue weighted by Crippen LogP contribution is 2.47. The number of nitrogens with one attached hydrogen (secondary N) is 4. The van der Waals surface area contributed by atoms with Gasteiger partial charge in [-0.3, -0.25) is 24.1 Å². The molecule has 0 fully saturated rings. The van der Waals surface area contributed by atoms with E-state index in [1.807, 2.05) is 63.2 Å². The fourth-order valence-corrected chi connectivity index (χ4v) is 7.89. The Morgan fingerprint density at radius 1 is 0.692 bits per heavy atom. The zero-order chi connectivity index (χ0) is 46.7. The standard InChI is InChI=1S/C47H49ClN8O9/c1-47(2,3)65-46(63)56-22-28(21-48)42-33-13-12-29(16-34(33)39(20-35(42)56)64-26-27-10-8-7-9-11-27)49-40(57)14-15-41(58)50-30-17-36(53(4)23-30)43(59)51-31-18-37(54(5)24-31)44(60)52-32-19-38(45(61)62)55(6)25-32/h7-13,16-20,23-25,28H,14-15,21-22,26H2,1-6H3,(H,49,57)(H,50,58)(H,51,59)(H,52,60)(H,61,62). The largest absolute Gasteiger partial charge is 0.488 e. The number of carboxylic acids is 1. The number of nitrogens with zero attached hydrogens (tertiary/aromatic N) is 4. The van der Waals surface area contributed by atoms with Crippen molar-refractivity contribution in [1.29, 1.82) is 0 Å². The molecule has 17 nitrogen and oxygen atoms in total. The number of alkyl halides is 1. The third-order valence-electron chi connectivity index (χ3n) is 10.6. The van der Waals surface area contributed by atoms with E-state index < -0.39 is 41.3 Å². The van der Waals surface area contributed by atoms with Gasteiger partial charge in [-0.2, -0.15) is 0 Å². The van der Waals surface area contributed by atoms with Crippen LogP contribution in [0, 0.1) is 0 Å². The van der Waals surface area contributed by atoms with Crippen LogP contribution < -0.4 is 30.9 Å². The number of aromatic carboxylic acids is 1. The van der Waals surface area contributed by atoms with Gasteiger partial charge in [0.15, 0.2) is 0 Å². The van der Waals surface area contributed by atoms with Crippen LogP contribution in [-0.2, 0) is 42.1 Å². The van der Waals surface area contributed by atoms with Gasteiger partial charge in [0.05, 0.1) is 22.7 Å². The van der Waals surface area contributed by atoms with Crippen LogP contribution in [0.3, 0.4) is 0 Å². The molecule has 0 bridgehead atoms. The van der Waals surface area contributed by atoms with Crippen molar-refractivity contribution >= 4 is 86.5 Å². The van der Waals surface area contributed by atoms with Crippen molar-refractivity contribution in [3.05, 3.63) is 120 Å². The van der Waals surface area contributed by atoms with Crippen LogP contribution in [0.2, 0.25) is 0 Å². The lowest BCUT2D eigenvalue weighted by atomic mass is 9.95. The summed E-state index contributed by atoms with van der Waals surface area (Å²) in [6.45, 7) is 6.02. The molecular weight excluding hydrogens is 856 g/mol. The first-order valence-electron chi connectivity index (χ1n) is 20.7. The summed E-state index contributed by atoms with van der Waals surface area (Å²) in [5, 5.41) is 21.9. The number of hydrogen-bond acceptors (Lipinski definition) is 8. The zero-order valence-electron chi connectivity index (χ0n) is 36.7. The molecule has 0 saturated carbocycles. The zero-order valence-corrected chi connectivity index (χ0v) is 37.4. The topological polar surface area (TPSA) is 207 Å². The molecule has 3 aromatic heterocycles. The third kappa shape index (κ3) is 10.5. The molecule has 7 rings (SSSR count). The molecule has 4 heterocycles. The lowest BCUT2D eigenvalue weighted by Gasteiger charge is -2.25. The molecule has 1 aliphatic rings. The third-order valence-corrected chi connectivity index (χ3v) is 11.0. The number of aryl methyl sites for hydroxylation is 3. The first kappa shape index (κ1) is 45.5. The number of carbonyl (C=O) groups excluding carboxylic acids is 5. The van der Waals surface area contributed by atoms with Crippen LogP contribution in [0.4, 0.5) is 33.2 Å². The number of amides is 5. The Balaban J connectivity index is 0.986. The number of rotatable bonds is 14. The number of fused-ring (bicyclic) bond motifs is 3. The molecule has 0 aliphatic carbocycles. The van der Waals surface area contributed by atoms with Gasteiger partial charge in [0.2, 0.25) is 11.8 Å². The SMILES string of the molecule is Cn1cc(NC(=O)c2cc(NC(=O)c3cc(NC(=O)CCC(=O)Nc4ccc5c6c(cc(OCc7ccccc7)c5c4)N(C(=O)OC(C)(C)C)CC6CCl)cn3C)cn2C)cc1C(=O)O. The van der Waals surface area contributed by atoms with Gasteiger partial charge >= 0.3 is 12.1 Å². The molecule has 5 amide bonds. The highest BCUT2D eigenvalue weighted by atomic mass is 35.5. The van der Waals surface area contributed by atoms with E-state index in [0.29, 0.717) is 46.1 Å². The molecule has 65 heavy (non-hydrogen) atoms. The Morgan fingerprint density at radius 2 is 1.23 bits per heavy atom. The average molecular weight is 905 g/mol. The van der Waals surface area contributed by atoms with E-state index in [2.05, 4.69) is 21.3 Å². The highest BCUT2D eigenvalue weighted by Gasteiger charge is 2.37. The van der Waals surface area contributed by atoms with E-state index >= 15 is 0 Å². The lowest BCUT2D eigenvalue weighted by Crippen LogP contribution is -2.36. The van der Waals surface area contributed by atoms with Crippen molar-refractivity contribution < 1.29 is 43.3 Å². The molecule has 1 atom stereocenters. The fourth-order valence-electron chi connectivity index (χ4n) is 7.64. The number of halogens is 1. The number of ether oxygens (including phenoxy) is 2. The second-order valence-electron chi connectivity index (χ2n) is 16.8. The van der Waals surface area contributed by atoms with Gasteiger partial charge in [-0.1, -0.05) is 36.4 Å². The van der Waals surface area contributed by atoms with E-state index in [-0.39, 0.29) is 48.3 Å². The number of benzene rings is 3. The second-order valence-corrected chi connectivity index (χ2v) is 17.1. The molecule has 1 unspecified atom stereocenters. The maximum Gasteiger partial charge on any atom is 0.414 e. The van der Waals surface area contributed by atoms with Gasteiger partial charge in [-0.15, -0.1) is 11.6 Å². The van der Waals surface area contributed by atoms with Gasteiger partial charge in [-0.25, -0.2) is 9.59 Å². The van der Waals surface area contributed by atoms with Gasteiger partial charge in [0, 0.05) is 88.1 Å². The number of aromatic nitrogens is 3. The van der Waals surface area contributed by atoms with Crippen LogP contribution in [0.25, 0.3) is 10.8 Å². The normalized spacial score (nSPS) is 13.3. The number of hydrogen-bond donors (Lipinski definition) is 5. The van der Waals surface area contributed by atoms with Gasteiger partial charge in [0.1, 0.15) is 35.0 Å². The van der Waals surface area contributed by atoms with E-state index in [0.717, 1.165) is 16.5 Å². The Labute approximate surface area is 379 Å². The Bertz CT molecular complexity index is 2840. The van der Waals surface area contributed by atoms with Gasteiger partial charge in [0.25, 0.3) is 11.8 Å². The molecule has 338 valence electrons. The molecule has 1 aliphatic heterocycles. The Kier molecular flexibility index (Phi) is 13.1. The molecular formula is C47H49ClN8O9. The second kappa shape index (κ2) is 18.7. The number of carboxylic acid groups (broad SMARTS) is 1. The van der Waals surface area contributed by atoms with Crippen molar-refractivity contribution in [3.8, 4) is 5.75 Å². The minimum Gasteiger partial charge on any atom is -0.488 e. The minimum atomic E-state index is -1.13. The summed E-state index contributed by atoms with van der Waals surface area (Å²) >= 11 is 6.48. The summed E-state index contributed by atoms with van der Waals surface area (Å²) in [6, 6.07) is 21.2. The van der Waals surface area contributed by atoms with E-state index in [1.54, 1.807) is 50.6 Å². The van der Waals surface area contributed by atoms with Gasteiger partial charge < -0.3 is 49.5 Å². The van der Waals surface area contributed by atoms with Crippen molar-refractivity contribution in [2.24, 2.45) is 21.1 Å². The number of carbonyl (C=O) groups is 6. The van der Waals surface area contributed by atoms with Gasteiger partial charge in [-0.05, 0) is 67.6 Å². The monoisotopic (exact) mass is 904 g/mol. The van der Waals surface area contributed by atoms with Crippen LogP contribution in [-0.4, -0.2) is 72.5 Å². The smallest absolute Gasteiger partial charge is 0.414 e. The highest BCUT2D eigenvalue weighted by molar-refractivity contribution is 6.19. The van der Waals surface area contributed by atoms with E-state index in [9.17, 15) is 33.9 Å². The predicted molar refractivity (Wildman–Crippen MR) is 247 cm³/mol. The summed E-state index contributed by atoms with van der Waals surface area (Å²) in [5.74, 6) is -2.43. The molecule has 0 spiro atoms. The maximum absolute atomic E-state index is 13.4. The Morgan fingerprint density at radius 3 is 1.77 bits per heavy atom. The maximum atomic E-state index is 13.4. The van der Waals surface area contributed by atoms with Crippen LogP contribution in [0.15, 0.2) is 91.4 Å². The molecule has 18 heteroatoms. The average Bonchev–Trinajstić information content (AvgIpc) is 4.02. The summed E-state index contributed by atoms with van der Waals surface area (Å²) < 4.78 is 16.6. The number of anilines is 5.